The maximum Gasteiger partial charge on any atom is 0.323 e. The van der Waals surface area contributed by atoms with Gasteiger partial charge >= 0.3 is 11.9 Å². The summed E-state index contributed by atoms with van der Waals surface area (Å²) in [6.07, 6.45) is 0.540. The smallest absolute Gasteiger partial charge is 0.323 e. The maximum absolute atomic E-state index is 13.6. The molecule has 0 spiro atoms. The Morgan fingerprint density at radius 2 is 1.79 bits per heavy atom. The van der Waals surface area contributed by atoms with Crippen LogP contribution < -0.4 is 22.1 Å². The Labute approximate surface area is 282 Å². The van der Waals surface area contributed by atoms with Gasteiger partial charge in [0, 0.05) is 19.5 Å². The highest BCUT2D eigenvalue weighted by Crippen LogP contribution is 2.69. The van der Waals surface area contributed by atoms with Crippen molar-refractivity contribution in [2.45, 2.75) is 77.8 Å². The highest BCUT2D eigenvalue weighted by molar-refractivity contribution is 7.16. The zero-order chi connectivity index (χ0) is 34.2. The predicted molar refractivity (Wildman–Crippen MR) is 178 cm³/mol. The number of anilines is 1. The lowest BCUT2D eigenvalue weighted by molar-refractivity contribution is -0.177. The van der Waals surface area contributed by atoms with Crippen molar-refractivity contribution < 1.29 is 23.9 Å². The second-order valence-electron chi connectivity index (χ2n) is 12.7. The fourth-order valence-electron chi connectivity index (χ4n) is 6.05. The minimum absolute atomic E-state index is 0.228. The molecule has 0 bridgehead atoms. The van der Waals surface area contributed by atoms with Gasteiger partial charge in [-0.15, -0.1) is 11.3 Å². The Kier molecular flexibility index (Phi) is 10.1. The van der Waals surface area contributed by atoms with Gasteiger partial charge < -0.3 is 36.1 Å². The standard InChI is InChI=1S/C32H41ClN8O5S/c1-7-12-37-27-23-28(40-20(39-27)11-9-17-8-10-19(33)47-17)41(14-38-23)24-18-13-32(18,31(44)36-6)26(46-30(43)22(35)16(4)5)25(24)45-29(42)21(34)15(2)3/h8,10,14-16,18,21-22,24-26H,7,12-13,34-35H2,1-6H3,(H,36,44)(H,37,39,40)/t18-,21+,22+,24?,25+,26+,32?/m1/s1. The Morgan fingerprint density at radius 3 is 2.38 bits per heavy atom. The number of fused-ring (bicyclic) bond motifs is 2. The first-order valence-electron chi connectivity index (χ1n) is 15.7. The van der Waals surface area contributed by atoms with Crippen molar-refractivity contribution in [2.24, 2.45) is 34.6 Å². The number of imidazole rings is 1. The number of hydrogen-bond acceptors (Lipinski definition) is 12. The summed E-state index contributed by atoms with van der Waals surface area (Å²) in [5, 5.41) is 6.03. The van der Waals surface area contributed by atoms with Crippen molar-refractivity contribution in [1.29, 1.82) is 0 Å². The fourth-order valence-corrected chi connectivity index (χ4v) is 6.95. The molecule has 2 saturated carbocycles. The maximum atomic E-state index is 13.6. The molecule has 3 aromatic heterocycles. The molecule has 6 N–H and O–H groups in total. The Balaban J connectivity index is 1.65. The summed E-state index contributed by atoms with van der Waals surface area (Å²) in [7, 11) is 1.52. The van der Waals surface area contributed by atoms with E-state index in [0.29, 0.717) is 34.3 Å². The van der Waals surface area contributed by atoms with Gasteiger partial charge in [0.05, 0.1) is 27.0 Å². The van der Waals surface area contributed by atoms with E-state index in [0.717, 1.165) is 11.3 Å². The van der Waals surface area contributed by atoms with E-state index in [1.54, 1.807) is 44.7 Å². The van der Waals surface area contributed by atoms with Crippen molar-refractivity contribution >= 4 is 57.8 Å². The van der Waals surface area contributed by atoms with Crippen LogP contribution in [0.3, 0.4) is 0 Å². The van der Waals surface area contributed by atoms with Gasteiger partial charge in [-0.25, -0.2) is 15.0 Å². The summed E-state index contributed by atoms with van der Waals surface area (Å²) in [5.74, 6) is 4.24. The second kappa shape index (κ2) is 13.8. The number of thiophene rings is 1. The molecule has 2 unspecified atom stereocenters. The third kappa shape index (κ3) is 6.54. The number of ether oxygens (including phenoxy) is 2. The number of nitrogens with one attached hydrogen (secondary N) is 2. The van der Waals surface area contributed by atoms with Gasteiger partial charge in [-0.3, -0.25) is 14.4 Å². The Bertz CT molecular complexity index is 1730. The molecule has 0 aromatic carbocycles. The van der Waals surface area contributed by atoms with Crippen molar-refractivity contribution in [3.05, 3.63) is 33.5 Å². The molecular formula is C32H41ClN8O5S. The van der Waals surface area contributed by atoms with Gasteiger partial charge in [-0.05, 0) is 48.7 Å². The summed E-state index contributed by atoms with van der Waals surface area (Å²) < 4.78 is 14.5. The van der Waals surface area contributed by atoms with Gasteiger partial charge in [0.2, 0.25) is 11.7 Å². The number of halogens is 1. The van der Waals surface area contributed by atoms with Gasteiger partial charge in [0.1, 0.15) is 12.1 Å². The number of carbonyl (C=O) groups is 3. The van der Waals surface area contributed by atoms with Crippen molar-refractivity contribution in [2.75, 3.05) is 18.9 Å². The van der Waals surface area contributed by atoms with E-state index in [9.17, 15) is 14.4 Å². The second-order valence-corrected chi connectivity index (χ2v) is 14.4. The normalized spacial score (nSPS) is 24.3. The number of aromatic nitrogens is 4. The van der Waals surface area contributed by atoms with Crippen LogP contribution in [-0.2, 0) is 23.9 Å². The van der Waals surface area contributed by atoms with Crippen LogP contribution in [0.5, 0.6) is 0 Å². The minimum atomic E-state index is -1.17. The minimum Gasteiger partial charge on any atom is -0.456 e. The van der Waals surface area contributed by atoms with Crippen LogP contribution in [0.1, 0.15) is 64.2 Å². The zero-order valence-corrected chi connectivity index (χ0v) is 28.8. The molecule has 47 heavy (non-hydrogen) atoms. The summed E-state index contributed by atoms with van der Waals surface area (Å²) in [4.78, 5) is 55.1. The fraction of sp³-hybridized carbons (Fsp3) is 0.562. The highest BCUT2D eigenvalue weighted by atomic mass is 35.5. The third-order valence-corrected chi connectivity index (χ3v) is 10.0. The number of hydrogen-bond donors (Lipinski definition) is 4. The van der Waals surface area contributed by atoms with Gasteiger partial charge in [-0.1, -0.05) is 46.2 Å². The van der Waals surface area contributed by atoms with Crippen LogP contribution in [0, 0.1) is 35.0 Å². The summed E-state index contributed by atoms with van der Waals surface area (Å²) >= 11 is 7.43. The van der Waals surface area contributed by atoms with Crippen LogP contribution in [0.2, 0.25) is 4.34 Å². The first kappa shape index (κ1) is 34.6. The molecule has 252 valence electrons. The molecule has 13 nitrogen and oxygen atoms in total. The van der Waals surface area contributed by atoms with Crippen LogP contribution in [0.25, 0.3) is 11.2 Å². The van der Waals surface area contributed by atoms with Crippen LogP contribution in [0.15, 0.2) is 18.5 Å². The van der Waals surface area contributed by atoms with Gasteiger partial charge in [-0.2, -0.15) is 0 Å². The van der Waals surface area contributed by atoms with Crippen LogP contribution >= 0.6 is 22.9 Å². The number of rotatable bonds is 11. The summed E-state index contributed by atoms with van der Waals surface area (Å²) in [6.45, 7) is 9.86. The van der Waals surface area contributed by atoms with E-state index in [1.165, 1.54) is 18.4 Å². The zero-order valence-electron chi connectivity index (χ0n) is 27.2. The Morgan fingerprint density at radius 1 is 1.11 bits per heavy atom. The lowest BCUT2D eigenvalue weighted by Gasteiger charge is -2.32. The number of esters is 2. The van der Waals surface area contributed by atoms with Crippen molar-refractivity contribution in [3.63, 3.8) is 0 Å². The molecule has 3 heterocycles. The van der Waals surface area contributed by atoms with Crippen LogP contribution in [-0.4, -0.2) is 75.2 Å². The number of amides is 1. The van der Waals surface area contributed by atoms with E-state index >= 15 is 0 Å². The number of nitrogens with zero attached hydrogens (tertiary/aromatic N) is 4. The third-order valence-electron chi connectivity index (χ3n) is 8.90. The molecule has 2 aliphatic rings. The number of nitrogens with two attached hydrogens (primary N) is 2. The van der Waals surface area contributed by atoms with Crippen molar-refractivity contribution in [1.82, 2.24) is 24.8 Å². The predicted octanol–water partition coefficient (Wildman–Crippen LogP) is 2.86. The summed E-state index contributed by atoms with van der Waals surface area (Å²) in [5.41, 5.74) is 12.1. The van der Waals surface area contributed by atoms with Crippen molar-refractivity contribution in [3.8, 4) is 11.8 Å². The molecule has 2 aliphatic carbocycles. The molecule has 2 fully saturated rings. The molecule has 7 atom stereocenters. The van der Waals surface area contributed by atoms with E-state index in [-0.39, 0.29) is 23.6 Å². The van der Waals surface area contributed by atoms with E-state index in [1.807, 2.05) is 13.0 Å². The Hall–Kier alpha value is -3.77. The lowest BCUT2D eigenvalue weighted by Crippen LogP contribution is -2.50. The first-order valence-corrected chi connectivity index (χ1v) is 16.9. The first-order chi connectivity index (χ1) is 22.3. The lowest BCUT2D eigenvalue weighted by atomic mass is 9.96. The van der Waals surface area contributed by atoms with Gasteiger partial charge in [0.25, 0.3) is 0 Å². The molecule has 0 radical (unpaired) electrons. The molecule has 15 heteroatoms. The van der Waals surface area contributed by atoms with E-state index in [2.05, 4.69) is 32.4 Å². The molecule has 0 saturated heterocycles. The largest absolute Gasteiger partial charge is 0.456 e. The average Bonchev–Trinajstić information content (AvgIpc) is 3.27. The van der Waals surface area contributed by atoms with E-state index in [4.69, 9.17) is 37.5 Å². The topological polar surface area (TPSA) is 189 Å². The quantitative estimate of drug-likeness (QED) is 0.172. The number of carbonyl (C=O) groups excluding carboxylic acids is 3. The molecular weight excluding hydrogens is 644 g/mol. The monoisotopic (exact) mass is 684 g/mol. The highest BCUT2D eigenvalue weighted by Gasteiger charge is 2.78. The molecule has 5 rings (SSSR count). The SMILES string of the molecule is CCCNc1nc(C#Cc2ccc(Cl)s2)nc2c1ncn2C1[C@H]2CC2(C(=O)NC)[C@@H](OC(=O)[C@@H](N)C(C)C)[C@H]1OC(=O)[C@@H](N)C(C)C. The molecule has 0 aliphatic heterocycles. The summed E-state index contributed by atoms with van der Waals surface area (Å²) in [6, 6.07) is 0.991. The molecule has 3 aromatic rings. The van der Waals surface area contributed by atoms with Crippen LogP contribution in [0.4, 0.5) is 5.82 Å². The van der Waals surface area contributed by atoms with Gasteiger partial charge in [0.15, 0.2) is 29.2 Å². The average molecular weight is 685 g/mol. The van der Waals surface area contributed by atoms with E-state index < -0.39 is 53.6 Å². The molecule has 1 amide bonds.